The molecular weight excluding hydrogens is 100 g/mol. The molecule has 1 rings (SSSR count). The van der Waals surface area contributed by atoms with Crippen LogP contribution in [0.4, 0.5) is 0 Å². The largest absolute Gasteiger partial charge is 0.139 e. The molecule has 4 radical (unpaired) electrons. The zero-order valence-electron chi connectivity index (χ0n) is 4.88. The van der Waals surface area contributed by atoms with Crippen molar-refractivity contribution in [3.05, 3.63) is 0 Å². The van der Waals surface area contributed by atoms with Crippen LogP contribution in [0.2, 0.25) is 0 Å². The fraction of sp³-hybridized carbons (Fsp3) is 1.00. The first-order chi connectivity index (χ1) is 3.80. The first-order valence-corrected chi connectivity index (χ1v) is 3.17. The molecule has 1 saturated carbocycles. The fourth-order valence-corrected chi connectivity index (χ4v) is 1.09. The topological polar surface area (TPSA) is 44.6 Å². The predicted octanol–water partition coefficient (Wildman–Crippen LogP) is 0.435. The van der Waals surface area contributed by atoms with Crippen molar-refractivity contribution in [2.45, 2.75) is 37.8 Å². The summed E-state index contributed by atoms with van der Waals surface area (Å²) in [5, 5.41) is 0. The van der Waals surface area contributed by atoms with Gasteiger partial charge in [-0.3, -0.25) is 0 Å². The molecule has 2 heteroatoms. The van der Waals surface area contributed by atoms with Crippen LogP contribution in [0.5, 0.6) is 0 Å². The second-order valence-corrected chi connectivity index (χ2v) is 2.42. The standard InChI is InChI=1S/C6H10N2/c7-5-3-1-2-4-6(5)8/h5-6H,1-4H2. The lowest BCUT2D eigenvalue weighted by atomic mass is 9.92. The third-order valence-electron chi connectivity index (χ3n) is 1.69. The van der Waals surface area contributed by atoms with Gasteiger partial charge in [0.15, 0.2) is 0 Å². The maximum atomic E-state index is 8.93. The summed E-state index contributed by atoms with van der Waals surface area (Å²) in [6.07, 6.45) is 3.69. The SMILES string of the molecule is [N]C1CCCCC1[N]. The summed E-state index contributed by atoms with van der Waals surface area (Å²) < 4.78 is 0. The van der Waals surface area contributed by atoms with E-state index in [0.29, 0.717) is 0 Å². The van der Waals surface area contributed by atoms with Crippen molar-refractivity contribution < 1.29 is 0 Å². The van der Waals surface area contributed by atoms with Crippen molar-refractivity contribution in [3.8, 4) is 0 Å². The molecule has 0 aromatic heterocycles. The van der Waals surface area contributed by atoms with E-state index in [0.717, 1.165) is 25.7 Å². The Balaban J connectivity index is 2.28. The average Bonchev–Trinajstić information content (AvgIpc) is 1.77. The van der Waals surface area contributed by atoms with Crippen LogP contribution in [-0.2, 0) is 0 Å². The molecule has 0 N–H and O–H groups in total. The van der Waals surface area contributed by atoms with Crippen molar-refractivity contribution in [2.24, 2.45) is 0 Å². The molecule has 0 aromatic rings. The quantitative estimate of drug-likeness (QED) is 0.434. The molecule has 2 atom stereocenters. The van der Waals surface area contributed by atoms with E-state index >= 15 is 0 Å². The highest BCUT2D eigenvalue weighted by molar-refractivity contribution is 4.78. The van der Waals surface area contributed by atoms with Crippen LogP contribution in [0.25, 0.3) is 0 Å². The van der Waals surface area contributed by atoms with Gasteiger partial charge in [0, 0.05) is 0 Å². The van der Waals surface area contributed by atoms with Crippen LogP contribution in [-0.4, -0.2) is 12.1 Å². The minimum Gasteiger partial charge on any atom is -0.139 e. The Hall–Kier alpha value is -0.0800. The lowest BCUT2D eigenvalue weighted by Crippen LogP contribution is -2.31. The molecule has 2 unspecified atom stereocenters. The molecular formula is C6H10N2. The molecule has 0 bridgehead atoms. The Labute approximate surface area is 50.2 Å². The van der Waals surface area contributed by atoms with Gasteiger partial charge in [0.25, 0.3) is 0 Å². The first kappa shape index (κ1) is 6.05. The van der Waals surface area contributed by atoms with Crippen LogP contribution in [0.3, 0.4) is 0 Å². The van der Waals surface area contributed by atoms with E-state index in [-0.39, 0.29) is 0 Å². The Morgan fingerprint density at radius 1 is 0.875 bits per heavy atom. The molecule has 0 aliphatic heterocycles. The third-order valence-corrected chi connectivity index (χ3v) is 1.69. The Morgan fingerprint density at radius 2 is 1.25 bits per heavy atom. The summed E-state index contributed by atoms with van der Waals surface area (Å²) in [5.41, 5.74) is 17.9. The molecule has 2 nitrogen and oxygen atoms in total. The first-order valence-electron chi connectivity index (χ1n) is 3.17. The van der Waals surface area contributed by atoms with E-state index in [9.17, 15) is 0 Å². The van der Waals surface area contributed by atoms with Crippen LogP contribution in [0, 0.1) is 0 Å². The molecule has 0 heterocycles. The van der Waals surface area contributed by atoms with Crippen molar-refractivity contribution in [1.29, 1.82) is 0 Å². The van der Waals surface area contributed by atoms with Gasteiger partial charge in [-0.15, -0.1) is 11.5 Å². The maximum Gasteiger partial charge on any atom is 0.0618 e. The molecule has 8 heavy (non-hydrogen) atoms. The Morgan fingerprint density at radius 3 is 1.50 bits per heavy atom. The fourth-order valence-electron chi connectivity index (χ4n) is 1.09. The van der Waals surface area contributed by atoms with E-state index in [1.807, 2.05) is 0 Å². The number of rotatable bonds is 0. The smallest absolute Gasteiger partial charge is 0.0618 e. The Kier molecular flexibility index (Phi) is 1.86. The van der Waals surface area contributed by atoms with Crippen molar-refractivity contribution in [2.75, 3.05) is 0 Å². The van der Waals surface area contributed by atoms with Crippen molar-refractivity contribution in [1.82, 2.24) is 11.5 Å². The van der Waals surface area contributed by atoms with Crippen LogP contribution in [0.1, 0.15) is 25.7 Å². The second-order valence-electron chi connectivity index (χ2n) is 2.42. The summed E-state index contributed by atoms with van der Waals surface area (Å²) in [4.78, 5) is 0. The third kappa shape index (κ3) is 1.20. The van der Waals surface area contributed by atoms with Gasteiger partial charge in [0.05, 0.1) is 12.1 Å². The maximum absolute atomic E-state index is 8.93. The van der Waals surface area contributed by atoms with E-state index in [1.165, 1.54) is 0 Å². The molecule has 1 aliphatic carbocycles. The van der Waals surface area contributed by atoms with Crippen LogP contribution < -0.4 is 11.5 Å². The van der Waals surface area contributed by atoms with Gasteiger partial charge in [-0.2, -0.15) is 0 Å². The highest BCUT2D eigenvalue weighted by Crippen LogP contribution is 2.16. The van der Waals surface area contributed by atoms with E-state index in [1.54, 1.807) is 0 Å². The summed E-state index contributed by atoms with van der Waals surface area (Å²) >= 11 is 0. The van der Waals surface area contributed by atoms with Gasteiger partial charge in [0.1, 0.15) is 0 Å². The lowest BCUT2D eigenvalue weighted by molar-refractivity contribution is 0.369. The van der Waals surface area contributed by atoms with Gasteiger partial charge in [-0.1, -0.05) is 12.8 Å². The zero-order chi connectivity index (χ0) is 5.98. The minimum atomic E-state index is -0.441. The molecule has 1 fully saturated rings. The number of hydrogen-bond acceptors (Lipinski definition) is 0. The summed E-state index contributed by atoms with van der Waals surface area (Å²) in [5.74, 6) is 0. The highest BCUT2D eigenvalue weighted by Gasteiger charge is 2.20. The highest BCUT2D eigenvalue weighted by atomic mass is 14.8. The summed E-state index contributed by atoms with van der Waals surface area (Å²) in [6.45, 7) is 0. The average molecular weight is 110 g/mol. The van der Waals surface area contributed by atoms with Gasteiger partial charge < -0.3 is 0 Å². The minimum absolute atomic E-state index is 0.441. The van der Waals surface area contributed by atoms with Gasteiger partial charge >= 0.3 is 0 Å². The molecule has 44 valence electrons. The second kappa shape index (κ2) is 2.46. The molecule has 0 aromatic carbocycles. The van der Waals surface area contributed by atoms with Crippen molar-refractivity contribution >= 4 is 0 Å². The van der Waals surface area contributed by atoms with Gasteiger partial charge in [-0.25, -0.2) is 0 Å². The van der Waals surface area contributed by atoms with E-state index < -0.39 is 12.1 Å². The number of hydrogen-bond donors (Lipinski definition) is 0. The zero-order valence-corrected chi connectivity index (χ0v) is 4.88. The van der Waals surface area contributed by atoms with Gasteiger partial charge in [0.2, 0.25) is 0 Å². The van der Waals surface area contributed by atoms with Crippen molar-refractivity contribution in [3.63, 3.8) is 0 Å². The van der Waals surface area contributed by atoms with Gasteiger partial charge in [-0.05, 0) is 12.8 Å². The van der Waals surface area contributed by atoms with Crippen LogP contribution >= 0.6 is 0 Å². The van der Waals surface area contributed by atoms with Crippen LogP contribution in [0.15, 0.2) is 0 Å². The van der Waals surface area contributed by atoms with E-state index in [4.69, 9.17) is 11.5 Å². The summed E-state index contributed by atoms with van der Waals surface area (Å²) in [7, 11) is 0. The normalized spacial score (nSPS) is 39.8. The number of nitrogens with zero attached hydrogens (tertiary/aromatic N) is 2. The molecule has 0 spiro atoms. The lowest BCUT2D eigenvalue weighted by Gasteiger charge is -2.20. The van der Waals surface area contributed by atoms with E-state index in [2.05, 4.69) is 0 Å². The monoisotopic (exact) mass is 110 g/mol. The molecule has 1 aliphatic rings. The predicted molar refractivity (Wildman–Crippen MR) is 30.3 cm³/mol. The molecule has 0 amide bonds. The molecule has 0 saturated heterocycles. The summed E-state index contributed by atoms with van der Waals surface area (Å²) in [6, 6.07) is -0.882. The Bertz CT molecular complexity index is 62.9.